The summed E-state index contributed by atoms with van der Waals surface area (Å²) in [5, 5.41) is 7.62. The highest BCUT2D eigenvalue weighted by Gasteiger charge is 2.27. The topological polar surface area (TPSA) is 50.2 Å². The summed E-state index contributed by atoms with van der Waals surface area (Å²) in [5.74, 6) is -0.298. The van der Waals surface area contributed by atoms with Gasteiger partial charge < -0.3 is 10.2 Å². The smallest absolute Gasteiger partial charge is 0.257 e. The number of carbonyl (C=O) groups is 1. The van der Waals surface area contributed by atoms with E-state index in [2.05, 4.69) is 10.4 Å². The fourth-order valence-corrected chi connectivity index (χ4v) is 3.02. The second kappa shape index (κ2) is 7.77. The predicted octanol–water partition coefficient (Wildman–Crippen LogP) is 2.43. The van der Waals surface area contributed by atoms with E-state index in [1.165, 1.54) is 12.1 Å². The lowest BCUT2D eigenvalue weighted by atomic mass is 10.1. The van der Waals surface area contributed by atoms with Crippen molar-refractivity contribution in [1.82, 2.24) is 20.0 Å². The molecule has 1 N–H and O–H groups in total. The molecule has 3 rings (SSSR count). The Morgan fingerprint density at radius 2 is 2.12 bits per heavy atom. The molecule has 5 nitrogen and oxygen atoms in total. The Balaban J connectivity index is 0.00000208. The van der Waals surface area contributed by atoms with Gasteiger partial charge in [-0.25, -0.2) is 9.07 Å². The first kappa shape index (κ1) is 18.4. The third kappa shape index (κ3) is 3.44. The van der Waals surface area contributed by atoms with Crippen molar-refractivity contribution in [1.29, 1.82) is 0 Å². The molecule has 7 heteroatoms. The number of aromatic nitrogens is 2. The van der Waals surface area contributed by atoms with Crippen molar-refractivity contribution in [2.45, 2.75) is 25.8 Å². The highest BCUT2D eigenvalue weighted by molar-refractivity contribution is 5.95. The van der Waals surface area contributed by atoms with Gasteiger partial charge in [0.2, 0.25) is 0 Å². The minimum atomic E-state index is -0.288. The molecule has 24 heavy (non-hydrogen) atoms. The van der Waals surface area contributed by atoms with Crippen molar-refractivity contribution in [3.8, 4) is 5.69 Å². The zero-order chi connectivity index (χ0) is 16.4. The van der Waals surface area contributed by atoms with E-state index < -0.39 is 0 Å². The highest BCUT2D eigenvalue weighted by Crippen LogP contribution is 2.19. The standard InChI is InChI=1S/C17H21FN4O.ClH/c1-3-16-15(17(23)21(2)14-8-9-19-10-14)11-20-22(16)13-6-4-12(18)5-7-13;/h4-7,11,14,19H,3,8-10H2,1-2H3;1H. The molecule has 1 aromatic heterocycles. The monoisotopic (exact) mass is 352 g/mol. The largest absolute Gasteiger partial charge is 0.337 e. The van der Waals surface area contributed by atoms with Gasteiger partial charge in [-0.05, 0) is 43.7 Å². The van der Waals surface area contributed by atoms with Gasteiger partial charge in [-0.3, -0.25) is 4.79 Å². The third-order valence-corrected chi connectivity index (χ3v) is 4.41. The summed E-state index contributed by atoms with van der Waals surface area (Å²) in [7, 11) is 1.84. The molecular weight excluding hydrogens is 331 g/mol. The van der Waals surface area contributed by atoms with Crippen LogP contribution in [0.2, 0.25) is 0 Å². The number of likely N-dealkylation sites (N-methyl/N-ethyl adjacent to an activating group) is 1. The summed E-state index contributed by atoms with van der Waals surface area (Å²) in [6.07, 6.45) is 3.26. The Bertz CT molecular complexity index is 695. The minimum Gasteiger partial charge on any atom is -0.337 e. The number of halogens is 2. The molecule has 0 aliphatic carbocycles. The van der Waals surface area contributed by atoms with E-state index in [0.717, 1.165) is 30.9 Å². The summed E-state index contributed by atoms with van der Waals surface area (Å²) in [5.41, 5.74) is 2.22. The maximum Gasteiger partial charge on any atom is 0.257 e. The first-order valence-electron chi connectivity index (χ1n) is 7.92. The van der Waals surface area contributed by atoms with Crippen LogP contribution in [0.25, 0.3) is 5.69 Å². The van der Waals surface area contributed by atoms with Gasteiger partial charge in [0.25, 0.3) is 5.91 Å². The predicted molar refractivity (Wildman–Crippen MR) is 93.5 cm³/mol. The Kier molecular flexibility index (Phi) is 5.96. The third-order valence-electron chi connectivity index (χ3n) is 4.41. The fraction of sp³-hybridized carbons (Fsp3) is 0.412. The van der Waals surface area contributed by atoms with Crippen molar-refractivity contribution in [3.05, 3.63) is 47.5 Å². The second-order valence-corrected chi connectivity index (χ2v) is 5.81. The molecule has 1 atom stereocenters. The molecule has 1 aliphatic heterocycles. The number of benzene rings is 1. The van der Waals surface area contributed by atoms with Gasteiger partial charge >= 0.3 is 0 Å². The van der Waals surface area contributed by atoms with Gasteiger partial charge in [-0.1, -0.05) is 6.92 Å². The van der Waals surface area contributed by atoms with E-state index in [-0.39, 0.29) is 30.2 Å². The molecule has 1 unspecified atom stereocenters. The first-order valence-corrected chi connectivity index (χ1v) is 7.92. The Hall–Kier alpha value is -1.92. The highest BCUT2D eigenvalue weighted by atomic mass is 35.5. The van der Waals surface area contributed by atoms with Crippen LogP contribution < -0.4 is 5.32 Å². The zero-order valence-electron chi connectivity index (χ0n) is 13.8. The summed E-state index contributed by atoms with van der Waals surface area (Å²) >= 11 is 0. The number of nitrogens with zero attached hydrogens (tertiary/aromatic N) is 3. The van der Waals surface area contributed by atoms with E-state index in [4.69, 9.17) is 0 Å². The molecule has 1 aromatic carbocycles. The SMILES string of the molecule is CCc1c(C(=O)N(C)C2CCNC2)cnn1-c1ccc(F)cc1.Cl. The molecule has 2 aromatic rings. The average Bonchev–Trinajstić information content (AvgIpc) is 3.23. The van der Waals surface area contributed by atoms with Gasteiger partial charge in [-0.15, -0.1) is 12.4 Å². The van der Waals surface area contributed by atoms with Crippen LogP contribution in [-0.2, 0) is 6.42 Å². The van der Waals surface area contributed by atoms with Gasteiger partial charge in [0.05, 0.1) is 23.1 Å². The Labute approximate surface area is 147 Å². The van der Waals surface area contributed by atoms with E-state index >= 15 is 0 Å². The van der Waals surface area contributed by atoms with Crippen LogP contribution >= 0.6 is 12.4 Å². The minimum absolute atomic E-state index is 0. The molecule has 2 heterocycles. The van der Waals surface area contributed by atoms with E-state index in [0.29, 0.717) is 12.0 Å². The maximum atomic E-state index is 13.1. The molecule has 130 valence electrons. The van der Waals surface area contributed by atoms with Crippen molar-refractivity contribution in [2.75, 3.05) is 20.1 Å². The number of hydrogen-bond acceptors (Lipinski definition) is 3. The Morgan fingerprint density at radius 1 is 1.42 bits per heavy atom. The molecule has 1 fully saturated rings. The van der Waals surface area contributed by atoms with Crippen molar-refractivity contribution < 1.29 is 9.18 Å². The average molecular weight is 353 g/mol. The molecule has 0 radical (unpaired) electrons. The normalized spacial score (nSPS) is 16.7. The van der Waals surface area contributed by atoms with Crippen LogP contribution in [0.4, 0.5) is 4.39 Å². The Morgan fingerprint density at radius 3 is 2.71 bits per heavy atom. The van der Waals surface area contributed by atoms with E-state index in [1.54, 1.807) is 27.9 Å². The van der Waals surface area contributed by atoms with Gasteiger partial charge in [-0.2, -0.15) is 5.10 Å². The lowest BCUT2D eigenvalue weighted by Gasteiger charge is -2.23. The number of carbonyl (C=O) groups excluding carboxylic acids is 1. The molecule has 1 saturated heterocycles. The van der Waals surface area contributed by atoms with E-state index in [9.17, 15) is 9.18 Å². The van der Waals surface area contributed by atoms with Gasteiger partial charge in [0, 0.05) is 19.6 Å². The van der Waals surface area contributed by atoms with Crippen LogP contribution in [0.15, 0.2) is 30.5 Å². The molecule has 1 amide bonds. The quantitative estimate of drug-likeness (QED) is 0.919. The molecular formula is C17H22ClFN4O. The van der Waals surface area contributed by atoms with Crippen LogP contribution in [0.1, 0.15) is 29.4 Å². The summed E-state index contributed by atoms with van der Waals surface area (Å²) in [6, 6.07) is 6.35. The van der Waals surface area contributed by atoms with Crippen LogP contribution in [0.3, 0.4) is 0 Å². The van der Waals surface area contributed by atoms with Crippen molar-refractivity contribution in [3.63, 3.8) is 0 Å². The number of nitrogens with one attached hydrogen (secondary N) is 1. The number of hydrogen-bond donors (Lipinski definition) is 1. The van der Waals surface area contributed by atoms with Crippen molar-refractivity contribution in [2.24, 2.45) is 0 Å². The maximum absolute atomic E-state index is 13.1. The zero-order valence-corrected chi connectivity index (χ0v) is 14.6. The lowest BCUT2D eigenvalue weighted by molar-refractivity contribution is 0.0742. The van der Waals surface area contributed by atoms with Crippen LogP contribution in [-0.4, -0.2) is 46.8 Å². The number of rotatable bonds is 4. The summed E-state index contributed by atoms with van der Waals surface area (Å²) in [6.45, 7) is 3.76. The molecule has 0 bridgehead atoms. The molecule has 0 saturated carbocycles. The van der Waals surface area contributed by atoms with E-state index in [1.807, 2.05) is 14.0 Å². The first-order chi connectivity index (χ1) is 11.1. The van der Waals surface area contributed by atoms with Crippen LogP contribution in [0.5, 0.6) is 0 Å². The van der Waals surface area contributed by atoms with Crippen molar-refractivity contribution >= 4 is 18.3 Å². The summed E-state index contributed by atoms with van der Waals surface area (Å²) < 4.78 is 14.8. The number of amides is 1. The van der Waals surface area contributed by atoms with Gasteiger partial charge in [0.1, 0.15) is 5.82 Å². The van der Waals surface area contributed by atoms with Crippen LogP contribution in [0, 0.1) is 5.82 Å². The summed E-state index contributed by atoms with van der Waals surface area (Å²) in [4.78, 5) is 14.6. The molecule has 0 spiro atoms. The lowest BCUT2D eigenvalue weighted by Crippen LogP contribution is -2.38. The second-order valence-electron chi connectivity index (χ2n) is 5.81. The van der Waals surface area contributed by atoms with Gasteiger partial charge in [0.15, 0.2) is 0 Å². The fourth-order valence-electron chi connectivity index (χ4n) is 3.02. The molecule has 1 aliphatic rings.